The second-order valence-corrected chi connectivity index (χ2v) is 10.1. The van der Waals surface area contributed by atoms with Crippen LogP contribution in [-0.4, -0.2) is 54.6 Å². The van der Waals surface area contributed by atoms with Crippen LogP contribution in [0.3, 0.4) is 0 Å². The van der Waals surface area contributed by atoms with E-state index in [0.29, 0.717) is 50.0 Å². The largest absolute Gasteiger partial charge is 0.472 e. The van der Waals surface area contributed by atoms with Gasteiger partial charge in [-0.2, -0.15) is 0 Å². The third-order valence-corrected chi connectivity index (χ3v) is 7.28. The van der Waals surface area contributed by atoms with Gasteiger partial charge in [0, 0.05) is 30.1 Å². The number of urea groups is 1. The van der Waals surface area contributed by atoms with Crippen molar-refractivity contribution in [1.82, 2.24) is 9.80 Å². The van der Waals surface area contributed by atoms with Crippen molar-refractivity contribution in [2.24, 2.45) is 5.41 Å². The molecule has 3 heterocycles. The highest BCUT2D eigenvalue weighted by molar-refractivity contribution is 7.17. The molecule has 0 spiro atoms. The molecule has 31 heavy (non-hydrogen) atoms. The molecule has 0 aromatic carbocycles. The highest BCUT2D eigenvalue weighted by atomic mass is 32.1. The first kappa shape index (κ1) is 21.9. The molecule has 0 unspecified atom stereocenters. The molecule has 0 bridgehead atoms. The Kier molecular flexibility index (Phi) is 6.39. The number of thiophene rings is 1. The van der Waals surface area contributed by atoms with Crippen molar-refractivity contribution in [3.63, 3.8) is 0 Å². The Balaban J connectivity index is 1.61. The number of carbonyl (C=O) groups excluding carboxylic acids is 2. The molecular formula is C23H31N3O4S. The number of hydrogen-bond acceptors (Lipinski definition) is 5. The number of morpholine rings is 1. The molecule has 1 aliphatic heterocycles. The quantitative estimate of drug-likeness (QED) is 0.741. The Hall–Kier alpha value is -2.32. The van der Waals surface area contributed by atoms with E-state index in [4.69, 9.17) is 9.15 Å². The van der Waals surface area contributed by atoms with Crippen LogP contribution in [0.15, 0.2) is 23.0 Å². The zero-order valence-electron chi connectivity index (χ0n) is 18.5. The zero-order chi connectivity index (χ0) is 22.0. The molecule has 0 saturated carbocycles. The van der Waals surface area contributed by atoms with Crippen LogP contribution in [0, 0.1) is 5.41 Å². The third-order valence-electron chi connectivity index (χ3n) is 6.14. The number of furan rings is 1. The van der Waals surface area contributed by atoms with E-state index in [-0.39, 0.29) is 17.4 Å². The lowest BCUT2D eigenvalue weighted by Gasteiger charge is -2.31. The van der Waals surface area contributed by atoms with Crippen molar-refractivity contribution in [1.29, 1.82) is 0 Å². The maximum Gasteiger partial charge on any atom is 0.322 e. The van der Waals surface area contributed by atoms with Gasteiger partial charge < -0.3 is 19.0 Å². The monoisotopic (exact) mass is 445 g/mol. The molecule has 8 heteroatoms. The number of carbonyl (C=O) groups is 2. The lowest BCUT2D eigenvalue weighted by atomic mass is 9.77. The van der Waals surface area contributed by atoms with Crippen molar-refractivity contribution < 1.29 is 18.7 Å². The minimum absolute atomic E-state index is 0.00805. The first-order chi connectivity index (χ1) is 14.9. The van der Waals surface area contributed by atoms with Gasteiger partial charge in [-0.3, -0.25) is 10.1 Å². The summed E-state index contributed by atoms with van der Waals surface area (Å²) in [5.41, 5.74) is 2.95. The standard InChI is InChI=1S/C23H31N3O4S/c1-4-25(14-16-6-10-30-15-16)22(28)24-20-19(21(27)26-8-11-29-12-9-26)17-5-7-23(2,3)13-18(17)31-20/h6,10,15H,4-5,7-9,11-14H2,1-3H3,(H,24,28). The Morgan fingerprint density at radius 2 is 2.06 bits per heavy atom. The number of ether oxygens (including phenoxy) is 1. The molecule has 3 amide bonds. The predicted molar refractivity (Wildman–Crippen MR) is 121 cm³/mol. The molecule has 7 nitrogen and oxygen atoms in total. The summed E-state index contributed by atoms with van der Waals surface area (Å²) < 4.78 is 10.6. The van der Waals surface area contributed by atoms with Crippen molar-refractivity contribution in [3.05, 3.63) is 40.2 Å². The molecule has 168 valence electrons. The van der Waals surface area contributed by atoms with Gasteiger partial charge in [0.05, 0.1) is 37.8 Å². The summed E-state index contributed by atoms with van der Waals surface area (Å²) in [6.45, 7) is 9.78. The molecule has 4 rings (SSSR count). The molecule has 2 aromatic rings. The summed E-state index contributed by atoms with van der Waals surface area (Å²) in [6, 6.07) is 1.66. The summed E-state index contributed by atoms with van der Waals surface area (Å²) in [7, 11) is 0. The van der Waals surface area contributed by atoms with Crippen LogP contribution >= 0.6 is 11.3 Å². The van der Waals surface area contributed by atoms with Crippen LogP contribution in [0.1, 0.15) is 53.6 Å². The molecule has 1 fully saturated rings. The van der Waals surface area contributed by atoms with Gasteiger partial charge in [0.1, 0.15) is 5.00 Å². The Bertz CT molecular complexity index is 929. The van der Waals surface area contributed by atoms with E-state index in [9.17, 15) is 9.59 Å². The Morgan fingerprint density at radius 1 is 1.29 bits per heavy atom. The summed E-state index contributed by atoms with van der Waals surface area (Å²) in [4.78, 5) is 31.4. The van der Waals surface area contributed by atoms with E-state index in [1.807, 2.05) is 17.9 Å². The normalized spacial score (nSPS) is 17.8. The summed E-state index contributed by atoms with van der Waals surface area (Å²) >= 11 is 1.56. The van der Waals surface area contributed by atoms with Gasteiger partial charge in [-0.15, -0.1) is 11.3 Å². The van der Waals surface area contributed by atoms with E-state index in [0.717, 1.165) is 30.4 Å². The maximum atomic E-state index is 13.5. The second-order valence-electron chi connectivity index (χ2n) is 9.03. The van der Waals surface area contributed by atoms with Gasteiger partial charge >= 0.3 is 6.03 Å². The molecular weight excluding hydrogens is 414 g/mol. The molecule has 2 aromatic heterocycles. The average Bonchev–Trinajstić information content (AvgIpc) is 3.38. The number of nitrogens with zero attached hydrogens (tertiary/aromatic N) is 2. The van der Waals surface area contributed by atoms with Crippen molar-refractivity contribution >= 4 is 28.3 Å². The van der Waals surface area contributed by atoms with E-state index >= 15 is 0 Å². The number of hydrogen-bond donors (Lipinski definition) is 1. The zero-order valence-corrected chi connectivity index (χ0v) is 19.3. The number of rotatable bonds is 5. The lowest BCUT2D eigenvalue weighted by molar-refractivity contribution is 0.0303. The first-order valence-corrected chi connectivity index (χ1v) is 11.8. The van der Waals surface area contributed by atoms with Crippen LogP contribution < -0.4 is 5.32 Å². The fourth-order valence-corrected chi connectivity index (χ4v) is 5.74. The minimum atomic E-state index is -0.197. The second kappa shape index (κ2) is 9.04. The molecule has 2 aliphatic rings. The summed E-state index contributed by atoms with van der Waals surface area (Å²) in [5.74, 6) is 0.00805. The fraction of sp³-hybridized carbons (Fsp3) is 0.565. The molecule has 1 aliphatic carbocycles. The number of amides is 3. The highest BCUT2D eigenvalue weighted by Gasteiger charge is 2.35. The van der Waals surface area contributed by atoms with Gasteiger partial charge in [0.25, 0.3) is 5.91 Å². The van der Waals surface area contributed by atoms with E-state index in [2.05, 4.69) is 19.2 Å². The van der Waals surface area contributed by atoms with Crippen molar-refractivity contribution in [2.75, 3.05) is 38.2 Å². The number of fused-ring (bicyclic) bond motifs is 1. The summed E-state index contributed by atoms with van der Waals surface area (Å²) in [6.07, 6.45) is 6.09. The average molecular weight is 446 g/mol. The minimum Gasteiger partial charge on any atom is -0.472 e. The SMILES string of the molecule is CCN(Cc1ccoc1)C(=O)Nc1sc2c(c1C(=O)N1CCOCC1)CCC(C)(C)C2. The van der Waals surface area contributed by atoms with Crippen LogP contribution in [0.4, 0.5) is 9.80 Å². The lowest BCUT2D eigenvalue weighted by Crippen LogP contribution is -2.41. The van der Waals surface area contributed by atoms with E-state index in [1.165, 1.54) is 4.88 Å². The number of anilines is 1. The smallest absolute Gasteiger partial charge is 0.322 e. The van der Waals surface area contributed by atoms with Gasteiger partial charge in [-0.1, -0.05) is 13.8 Å². The first-order valence-electron chi connectivity index (χ1n) is 11.0. The number of nitrogens with one attached hydrogen (secondary N) is 1. The molecule has 1 saturated heterocycles. The Morgan fingerprint density at radius 3 is 2.74 bits per heavy atom. The van der Waals surface area contributed by atoms with E-state index in [1.54, 1.807) is 28.8 Å². The van der Waals surface area contributed by atoms with Gasteiger partial charge in [0.2, 0.25) is 0 Å². The molecule has 1 N–H and O–H groups in total. The van der Waals surface area contributed by atoms with Gasteiger partial charge in [-0.25, -0.2) is 4.79 Å². The van der Waals surface area contributed by atoms with E-state index < -0.39 is 0 Å². The molecule has 0 radical (unpaired) electrons. The Labute approximate surface area is 187 Å². The highest BCUT2D eigenvalue weighted by Crippen LogP contribution is 2.44. The van der Waals surface area contributed by atoms with Gasteiger partial charge in [-0.05, 0) is 43.2 Å². The maximum absolute atomic E-state index is 13.5. The molecule has 0 atom stereocenters. The fourth-order valence-electron chi connectivity index (χ4n) is 4.25. The van der Waals surface area contributed by atoms with Crippen LogP contribution in [-0.2, 0) is 24.1 Å². The van der Waals surface area contributed by atoms with Crippen LogP contribution in [0.5, 0.6) is 0 Å². The predicted octanol–water partition coefficient (Wildman–Crippen LogP) is 4.38. The van der Waals surface area contributed by atoms with Crippen molar-refractivity contribution in [3.8, 4) is 0 Å². The van der Waals surface area contributed by atoms with Crippen molar-refractivity contribution in [2.45, 2.75) is 46.6 Å². The summed E-state index contributed by atoms with van der Waals surface area (Å²) in [5, 5.41) is 3.75. The third kappa shape index (κ3) is 4.80. The van der Waals surface area contributed by atoms with Crippen LogP contribution in [0.25, 0.3) is 0 Å². The van der Waals surface area contributed by atoms with Gasteiger partial charge in [0.15, 0.2) is 0 Å². The topological polar surface area (TPSA) is 75.0 Å². The van der Waals surface area contributed by atoms with Crippen LogP contribution in [0.2, 0.25) is 0 Å².